The van der Waals surface area contributed by atoms with Gasteiger partial charge >= 0.3 is 0 Å². The van der Waals surface area contributed by atoms with Crippen LogP contribution in [-0.2, 0) is 29.5 Å². The first-order chi connectivity index (χ1) is 13.5. The van der Waals surface area contributed by atoms with Gasteiger partial charge in [-0.3, -0.25) is 4.79 Å². The summed E-state index contributed by atoms with van der Waals surface area (Å²) in [5, 5.41) is 0. The van der Waals surface area contributed by atoms with Gasteiger partial charge in [-0.15, -0.1) is 0 Å². The van der Waals surface area contributed by atoms with Crippen molar-refractivity contribution in [2.45, 2.75) is 24.4 Å². The van der Waals surface area contributed by atoms with E-state index in [-0.39, 0.29) is 17.3 Å². The van der Waals surface area contributed by atoms with Crippen LogP contribution in [0, 0.1) is 0 Å². The van der Waals surface area contributed by atoms with Crippen molar-refractivity contribution in [2.75, 3.05) is 6.54 Å². The number of amides is 1. The molecule has 0 saturated carbocycles. The molecule has 2 heterocycles. The summed E-state index contributed by atoms with van der Waals surface area (Å²) >= 11 is 0. The minimum absolute atomic E-state index is 0.0726. The Balaban J connectivity index is 1.45. The smallest absolute Gasteiger partial charge is 0.254 e. The number of hydrogen-bond donors (Lipinski definition) is 1. The van der Waals surface area contributed by atoms with Gasteiger partial charge in [0.2, 0.25) is 10.0 Å². The van der Waals surface area contributed by atoms with Gasteiger partial charge < -0.3 is 9.32 Å². The highest BCUT2D eigenvalue weighted by Crippen LogP contribution is 2.21. The van der Waals surface area contributed by atoms with Crippen molar-refractivity contribution in [1.82, 2.24) is 9.62 Å². The van der Waals surface area contributed by atoms with Crippen molar-refractivity contribution in [3.63, 3.8) is 0 Å². The molecule has 0 unspecified atom stereocenters. The molecule has 1 N–H and O–H groups in total. The number of carbonyl (C=O) groups excluding carboxylic acids is 1. The van der Waals surface area contributed by atoms with E-state index in [0.717, 1.165) is 12.0 Å². The Bertz CT molecular complexity index is 1070. The molecule has 7 heteroatoms. The molecule has 1 aliphatic rings. The summed E-state index contributed by atoms with van der Waals surface area (Å²) in [5.74, 6) is 0.433. The molecular formula is C21H20N2O4S. The van der Waals surface area contributed by atoms with Crippen LogP contribution in [0.1, 0.15) is 27.2 Å². The van der Waals surface area contributed by atoms with Gasteiger partial charge in [-0.25, -0.2) is 13.1 Å². The zero-order chi connectivity index (χ0) is 19.6. The standard InChI is InChI=1S/C21H20N2O4S/c24-21(23-12-11-16-4-1-2-5-18(16)15-23)17-7-9-20(10-8-17)28(25,26)22-14-19-6-3-13-27-19/h1-10,13,22H,11-12,14-15H2. The van der Waals surface area contributed by atoms with Crippen LogP contribution in [-0.4, -0.2) is 25.8 Å². The number of benzene rings is 2. The van der Waals surface area contributed by atoms with Crippen LogP contribution < -0.4 is 4.72 Å². The predicted octanol–water partition coefficient (Wildman–Crippen LogP) is 2.96. The predicted molar refractivity (Wildman–Crippen MR) is 104 cm³/mol. The average Bonchev–Trinajstić information content (AvgIpc) is 3.25. The zero-order valence-electron chi connectivity index (χ0n) is 15.2. The number of nitrogens with zero attached hydrogens (tertiary/aromatic N) is 1. The topological polar surface area (TPSA) is 79.6 Å². The molecule has 0 aliphatic carbocycles. The highest BCUT2D eigenvalue weighted by Gasteiger charge is 2.22. The first-order valence-corrected chi connectivity index (χ1v) is 10.5. The number of fused-ring (bicyclic) bond motifs is 1. The lowest BCUT2D eigenvalue weighted by Crippen LogP contribution is -2.35. The molecule has 2 aromatic carbocycles. The summed E-state index contributed by atoms with van der Waals surface area (Å²) in [6.45, 7) is 1.30. The molecule has 1 aromatic heterocycles. The van der Waals surface area contributed by atoms with Crippen molar-refractivity contribution in [3.05, 3.63) is 89.4 Å². The fourth-order valence-corrected chi connectivity index (χ4v) is 4.28. The molecule has 0 saturated heterocycles. The van der Waals surface area contributed by atoms with E-state index in [0.29, 0.717) is 24.4 Å². The Labute approximate surface area is 163 Å². The zero-order valence-corrected chi connectivity index (χ0v) is 16.0. The average molecular weight is 396 g/mol. The Morgan fingerprint density at radius 3 is 2.46 bits per heavy atom. The third-order valence-corrected chi connectivity index (χ3v) is 6.26. The van der Waals surface area contributed by atoms with Crippen molar-refractivity contribution in [3.8, 4) is 0 Å². The molecule has 0 atom stereocenters. The molecule has 0 fully saturated rings. The van der Waals surface area contributed by atoms with E-state index in [1.807, 2.05) is 18.2 Å². The van der Waals surface area contributed by atoms with E-state index in [9.17, 15) is 13.2 Å². The van der Waals surface area contributed by atoms with E-state index in [2.05, 4.69) is 10.8 Å². The number of carbonyl (C=O) groups is 1. The van der Waals surface area contributed by atoms with Crippen LogP contribution >= 0.6 is 0 Å². The molecule has 0 radical (unpaired) electrons. The molecule has 4 rings (SSSR count). The lowest BCUT2D eigenvalue weighted by molar-refractivity contribution is 0.0734. The third-order valence-electron chi connectivity index (χ3n) is 4.85. The molecule has 0 spiro atoms. The van der Waals surface area contributed by atoms with Crippen LogP contribution in [0.3, 0.4) is 0 Å². The highest BCUT2D eigenvalue weighted by atomic mass is 32.2. The first-order valence-electron chi connectivity index (χ1n) is 9.01. The number of hydrogen-bond acceptors (Lipinski definition) is 4. The summed E-state index contributed by atoms with van der Waals surface area (Å²) in [6.07, 6.45) is 2.31. The molecule has 144 valence electrons. The number of nitrogens with one attached hydrogen (secondary N) is 1. The fraction of sp³-hybridized carbons (Fsp3) is 0.190. The van der Waals surface area contributed by atoms with E-state index in [1.165, 1.54) is 24.0 Å². The molecule has 0 bridgehead atoms. The Hall–Kier alpha value is -2.90. The van der Waals surface area contributed by atoms with Crippen molar-refractivity contribution < 1.29 is 17.6 Å². The Morgan fingerprint density at radius 2 is 1.75 bits per heavy atom. The van der Waals surface area contributed by atoms with Gasteiger partial charge in [0.1, 0.15) is 5.76 Å². The lowest BCUT2D eigenvalue weighted by atomic mass is 9.99. The summed E-state index contributed by atoms with van der Waals surface area (Å²) in [5.41, 5.74) is 2.91. The third kappa shape index (κ3) is 3.85. The summed E-state index contributed by atoms with van der Waals surface area (Å²) in [4.78, 5) is 14.7. The van der Waals surface area contributed by atoms with Gasteiger partial charge in [0, 0.05) is 18.7 Å². The molecule has 1 aliphatic heterocycles. The molecule has 6 nitrogen and oxygen atoms in total. The maximum Gasteiger partial charge on any atom is 0.254 e. The van der Waals surface area contributed by atoms with Gasteiger partial charge in [-0.05, 0) is 53.9 Å². The van der Waals surface area contributed by atoms with Gasteiger partial charge in [0.15, 0.2) is 0 Å². The first kappa shape index (κ1) is 18.5. The number of rotatable bonds is 5. The van der Waals surface area contributed by atoms with Crippen LogP contribution in [0.2, 0.25) is 0 Å². The maximum absolute atomic E-state index is 12.8. The summed E-state index contributed by atoms with van der Waals surface area (Å²) in [7, 11) is -3.68. The SMILES string of the molecule is O=C(c1ccc(S(=O)(=O)NCc2ccco2)cc1)N1CCc2ccccc2C1. The second-order valence-electron chi connectivity index (χ2n) is 6.67. The van der Waals surface area contributed by atoms with Gasteiger partial charge in [0.25, 0.3) is 5.91 Å². The van der Waals surface area contributed by atoms with E-state index in [1.54, 1.807) is 29.2 Å². The van der Waals surface area contributed by atoms with Crippen LogP contribution in [0.4, 0.5) is 0 Å². The van der Waals surface area contributed by atoms with E-state index < -0.39 is 10.0 Å². The van der Waals surface area contributed by atoms with Crippen LogP contribution in [0.25, 0.3) is 0 Å². The molecular weight excluding hydrogens is 376 g/mol. The molecule has 28 heavy (non-hydrogen) atoms. The summed E-state index contributed by atoms with van der Waals surface area (Å²) < 4.78 is 32.4. The largest absolute Gasteiger partial charge is 0.468 e. The van der Waals surface area contributed by atoms with Crippen molar-refractivity contribution in [2.24, 2.45) is 0 Å². The second kappa shape index (κ2) is 7.61. The minimum Gasteiger partial charge on any atom is -0.468 e. The van der Waals surface area contributed by atoms with Gasteiger partial charge in [0.05, 0.1) is 17.7 Å². The van der Waals surface area contributed by atoms with Crippen molar-refractivity contribution in [1.29, 1.82) is 0 Å². The van der Waals surface area contributed by atoms with Gasteiger partial charge in [-0.1, -0.05) is 24.3 Å². The second-order valence-corrected chi connectivity index (χ2v) is 8.44. The van der Waals surface area contributed by atoms with E-state index in [4.69, 9.17) is 4.42 Å². The highest BCUT2D eigenvalue weighted by molar-refractivity contribution is 7.89. The Morgan fingerprint density at radius 1 is 1.00 bits per heavy atom. The molecule has 1 amide bonds. The fourth-order valence-electron chi connectivity index (χ4n) is 3.29. The normalized spacial score (nSPS) is 13.9. The van der Waals surface area contributed by atoms with Gasteiger partial charge in [-0.2, -0.15) is 0 Å². The Kier molecular flexibility index (Phi) is 5.02. The number of furan rings is 1. The monoisotopic (exact) mass is 396 g/mol. The van der Waals surface area contributed by atoms with Crippen LogP contribution in [0.15, 0.2) is 76.2 Å². The van der Waals surface area contributed by atoms with Crippen LogP contribution in [0.5, 0.6) is 0 Å². The molecule has 3 aromatic rings. The lowest BCUT2D eigenvalue weighted by Gasteiger charge is -2.29. The minimum atomic E-state index is -3.68. The maximum atomic E-state index is 12.8. The summed E-state index contributed by atoms with van der Waals surface area (Å²) in [6, 6.07) is 17.5. The van der Waals surface area contributed by atoms with Crippen molar-refractivity contribution >= 4 is 15.9 Å². The quantitative estimate of drug-likeness (QED) is 0.719. The number of sulfonamides is 1. The van der Waals surface area contributed by atoms with E-state index >= 15 is 0 Å².